The summed E-state index contributed by atoms with van der Waals surface area (Å²) in [5.74, 6) is -0.205. The first-order valence-electron chi connectivity index (χ1n) is 7.07. The van der Waals surface area contributed by atoms with E-state index in [4.69, 9.17) is 0 Å². The molecule has 2 rings (SSSR count). The zero-order valence-corrected chi connectivity index (χ0v) is 11.7. The summed E-state index contributed by atoms with van der Waals surface area (Å²) >= 11 is 0. The van der Waals surface area contributed by atoms with Gasteiger partial charge >= 0.3 is 0 Å². The molecule has 0 radical (unpaired) electrons. The molecule has 106 valence electrons. The van der Waals surface area contributed by atoms with Gasteiger partial charge in [-0.05, 0) is 50.1 Å². The third-order valence-electron chi connectivity index (χ3n) is 3.86. The third kappa shape index (κ3) is 3.07. The molecule has 1 aromatic rings. The first kappa shape index (κ1) is 14.3. The number of nitrogens with zero attached hydrogens (tertiary/aromatic N) is 1. The van der Waals surface area contributed by atoms with Crippen LogP contribution in [-0.4, -0.2) is 30.8 Å². The van der Waals surface area contributed by atoms with Crippen molar-refractivity contribution in [3.05, 3.63) is 29.6 Å². The molecular formula is C15H23FN2O. The fraction of sp³-hybridized carbons (Fsp3) is 0.600. The maximum Gasteiger partial charge on any atom is 0.123 e. The number of aliphatic hydroxyl groups excluding tert-OH is 1. The van der Waals surface area contributed by atoms with Gasteiger partial charge in [-0.2, -0.15) is 0 Å². The van der Waals surface area contributed by atoms with Crippen LogP contribution in [0.15, 0.2) is 18.2 Å². The van der Waals surface area contributed by atoms with E-state index in [9.17, 15) is 9.50 Å². The highest BCUT2D eigenvalue weighted by atomic mass is 19.1. The molecule has 3 nitrogen and oxygen atoms in total. The number of anilines is 1. The molecule has 19 heavy (non-hydrogen) atoms. The number of benzene rings is 1. The van der Waals surface area contributed by atoms with Crippen molar-refractivity contribution in [1.29, 1.82) is 0 Å². The second-order valence-corrected chi connectivity index (χ2v) is 5.15. The molecule has 1 saturated heterocycles. The summed E-state index contributed by atoms with van der Waals surface area (Å²) in [5, 5.41) is 12.8. The first-order chi connectivity index (χ1) is 9.17. The molecule has 1 heterocycles. The van der Waals surface area contributed by atoms with E-state index in [0.717, 1.165) is 37.2 Å². The zero-order chi connectivity index (χ0) is 13.8. The van der Waals surface area contributed by atoms with Crippen LogP contribution in [0.4, 0.5) is 10.1 Å². The van der Waals surface area contributed by atoms with Crippen molar-refractivity contribution in [2.24, 2.45) is 0 Å². The zero-order valence-electron chi connectivity index (χ0n) is 11.7. The van der Waals surface area contributed by atoms with Gasteiger partial charge in [-0.1, -0.05) is 6.92 Å². The summed E-state index contributed by atoms with van der Waals surface area (Å²) in [6, 6.07) is 5.22. The lowest BCUT2D eigenvalue weighted by molar-refractivity contribution is 0.266. The monoisotopic (exact) mass is 266 g/mol. The molecule has 1 fully saturated rings. The van der Waals surface area contributed by atoms with Gasteiger partial charge in [0, 0.05) is 18.3 Å². The van der Waals surface area contributed by atoms with Gasteiger partial charge < -0.3 is 15.3 Å². The Morgan fingerprint density at radius 3 is 3.00 bits per heavy atom. The Kier molecular flexibility index (Phi) is 4.77. The van der Waals surface area contributed by atoms with Crippen molar-refractivity contribution < 1.29 is 9.50 Å². The Morgan fingerprint density at radius 1 is 1.53 bits per heavy atom. The van der Waals surface area contributed by atoms with E-state index in [0.29, 0.717) is 0 Å². The molecule has 1 aliphatic heterocycles. The summed E-state index contributed by atoms with van der Waals surface area (Å²) < 4.78 is 13.5. The van der Waals surface area contributed by atoms with Crippen LogP contribution in [0.2, 0.25) is 0 Å². The minimum Gasteiger partial charge on any atom is -0.394 e. The number of hydrogen-bond donors (Lipinski definition) is 2. The Hall–Kier alpha value is -1.13. The van der Waals surface area contributed by atoms with Crippen LogP contribution in [0.25, 0.3) is 0 Å². The fourth-order valence-electron chi connectivity index (χ4n) is 2.89. The molecule has 4 heteroatoms. The maximum absolute atomic E-state index is 13.5. The van der Waals surface area contributed by atoms with E-state index >= 15 is 0 Å². The van der Waals surface area contributed by atoms with Gasteiger partial charge in [0.15, 0.2) is 0 Å². The van der Waals surface area contributed by atoms with Gasteiger partial charge in [0.2, 0.25) is 0 Å². The lowest BCUT2D eigenvalue weighted by atomic mass is 10.0. The highest BCUT2D eigenvalue weighted by molar-refractivity contribution is 5.56. The molecule has 1 aromatic carbocycles. The minimum absolute atomic E-state index is 0.107. The minimum atomic E-state index is -0.205. The average Bonchev–Trinajstić information content (AvgIpc) is 2.87. The summed E-state index contributed by atoms with van der Waals surface area (Å²) in [6.45, 7) is 6.03. The molecule has 0 saturated carbocycles. The number of nitrogens with one attached hydrogen (secondary N) is 1. The molecule has 2 unspecified atom stereocenters. The number of aliphatic hydroxyl groups is 1. The average molecular weight is 266 g/mol. The van der Waals surface area contributed by atoms with Crippen molar-refractivity contribution >= 4 is 5.69 Å². The van der Waals surface area contributed by atoms with Crippen LogP contribution in [0.3, 0.4) is 0 Å². The molecule has 1 aliphatic rings. The van der Waals surface area contributed by atoms with Gasteiger partial charge in [0.25, 0.3) is 0 Å². The Morgan fingerprint density at radius 2 is 2.32 bits per heavy atom. The van der Waals surface area contributed by atoms with Gasteiger partial charge in [-0.15, -0.1) is 0 Å². The quantitative estimate of drug-likeness (QED) is 0.859. The predicted molar refractivity (Wildman–Crippen MR) is 75.9 cm³/mol. The summed E-state index contributed by atoms with van der Waals surface area (Å²) in [5.41, 5.74) is 2.02. The van der Waals surface area contributed by atoms with E-state index in [-0.39, 0.29) is 24.5 Å². The second-order valence-electron chi connectivity index (χ2n) is 5.15. The highest BCUT2D eigenvalue weighted by Gasteiger charge is 2.26. The van der Waals surface area contributed by atoms with Gasteiger partial charge in [-0.25, -0.2) is 4.39 Å². The molecular weight excluding hydrogens is 243 g/mol. The Bertz CT molecular complexity index is 425. The molecule has 0 spiro atoms. The standard InChI is InChI=1S/C15H23FN2O/c1-3-17-11(2)14-9-12(16)6-7-15(14)18-8-4-5-13(18)10-19/h6-7,9,11,13,17,19H,3-5,8,10H2,1-2H3. The molecule has 2 atom stereocenters. The molecule has 0 amide bonds. The predicted octanol–water partition coefficient (Wildman–Crippen LogP) is 2.46. The summed E-state index contributed by atoms with van der Waals surface area (Å²) in [4.78, 5) is 2.21. The number of rotatable bonds is 5. The van der Waals surface area contributed by atoms with E-state index in [1.165, 1.54) is 6.07 Å². The second kappa shape index (κ2) is 6.35. The van der Waals surface area contributed by atoms with Crippen molar-refractivity contribution in [1.82, 2.24) is 5.32 Å². The fourth-order valence-corrected chi connectivity index (χ4v) is 2.89. The van der Waals surface area contributed by atoms with Crippen molar-refractivity contribution in [2.45, 2.75) is 38.8 Å². The van der Waals surface area contributed by atoms with Crippen LogP contribution < -0.4 is 10.2 Å². The van der Waals surface area contributed by atoms with Crippen LogP contribution >= 0.6 is 0 Å². The molecule has 0 aromatic heterocycles. The number of hydrogen-bond acceptors (Lipinski definition) is 3. The largest absolute Gasteiger partial charge is 0.394 e. The van der Waals surface area contributed by atoms with Crippen LogP contribution in [-0.2, 0) is 0 Å². The first-order valence-corrected chi connectivity index (χ1v) is 7.07. The maximum atomic E-state index is 13.5. The molecule has 0 aliphatic carbocycles. The topological polar surface area (TPSA) is 35.5 Å². The van der Waals surface area contributed by atoms with E-state index in [2.05, 4.69) is 10.2 Å². The van der Waals surface area contributed by atoms with Crippen molar-refractivity contribution in [2.75, 3.05) is 24.6 Å². The van der Waals surface area contributed by atoms with Crippen molar-refractivity contribution in [3.8, 4) is 0 Å². The van der Waals surface area contributed by atoms with Crippen LogP contribution in [0.5, 0.6) is 0 Å². The molecule has 2 N–H and O–H groups in total. The Labute approximate surface area is 114 Å². The SMILES string of the molecule is CCNC(C)c1cc(F)ccc1N1CCCC1CO. The number of halogens is 1. The van der Waals surface area contributed by atoms with Gasteiger partial charge in [0.05, 0.1) is 12.6 Å². The third-order valence-corrected chi connectivity index (χ3v) is 3.86. The normalized spacial score (nSPS) is 20.8. The van der Waals surface area contributed by atoms with Crippen molar-refractivity contribution in [3.63, 3.8) is 0 Å². The van der Waals surface area contributed by atoms with E-state index in [1.807, 2.05) is 19.9 Å². The summed E-state index contributed by atoms with van der Waals surface area (Å²) in [6.07, 6.45) is 2.08. The smallest absolute Gasteiger partial charge is 0.123 e. The van der Waals surface area contributed by atoms with E-state index < -0.39 is 0 Å². The molecule has 0 bridgehead atoms. The lowest BCUT2D eigenvalue weighted by Crippen LogP contribution is -2.33. The van der Waals surface area contributed by atoms with Gasteiger partial charge in [-0.3, -0.25) is 0 Å². The lowest BCUT2D eigenvalue weighted by Gasteiger charge is -2.29. The summed E-state index contributed by atoms with van der Waals surface area (Å²) in [7, 11) is 0. The van der Waals surface area contributed by atoms with Crippen LogP contribution in [0.1, 0.15) is 38.3 Å². The Balaban J connectivity index is 2.33. The highest BCUT2D eigenvalue weighted by Crippen LogP contribution is 2.32. The van der Waals surface area contributed by atoms with Crippen LogP contribution in [0, 0.1) is 5.82 Å². The van der Waals surface area contributed by atoms with E-state index in [1.54, 1.807) is 6.07 Å². The van der Waals surface area contributed by atoms with Gasteiger partial charge in [0.1, 0.15) is 5.82 Å².